The zero-order chi connectivity index (χ0) is 20.5. The lowest BCUT2D eigenvalue weighted by atomic mass is 10.2. The van der Waals surface area contributed by atoms with E-state index < -0.39 is 0 Å². The molecule has 0 aromatic heterocycles. The van der Waals surface area contributed by atoms with Gasteiger partial charge in [0.2, 0.25) is 0 Å². The van der Waals surface area contributed by atoms with Crippen LogP contribution in [0.4, 0.5) is 0 Å². The van der Waals surface area contributed by atoms with Gasteiger partial charge < -0.3 is 19.6 Å². The van der Waals surface area contributed by atoms with Gasteiger partial charge in [0.25, 0.3) is 0 Å². The van der Waals surface area contributed by atoms with E-state index >= 15 is 0 Å². The van der Waals surface area contributed by atoms with Gasteiger partial charge in [-0.15, -0.1) is 0 Å². The van der Waals surface area contributed by atoms with Crippen LogP contribution in [-0.4, -0.2) is 20.4 Å². The number of methoxy groups -OCH3 is 2. The SMILES string of the molecule is COc1ccccc1CN/N=C/c1ccc(OCc2ccc(C)cc2)c(OC)c1. The molecular weight excluding hydrogens is 364 g/mol. The van der Waals surface area contributed by atoms with E-state index in [1.165, 1.54) is 5.56 Å². The van der Waals surface area contributed by atoms with Crippen LogP contribution in [0.25, 0.3) is 0 Å². The van der Waals surface area contributed by atoms with Gasteiger partial charge in [0.1, 0.15) is 12.4 Å². The lowest BCUT2D eigenvalue weighted by Crippen LogP contribution is -2.07. The fraction of sp³-hybridized carbons (Fsp3) is 0.208. The van der Waals surface area contributed by atoms with Gasteiger partial charge in [-0.1, -0.05) is 48.0 Å². The Hall–Kier alpha value is -3.47. The Balaban J connectivity index is 1.59. The van der Waals surface area contributed by atoms with Crippen LogP contribution in [0.1, 0.15) is 22.3 Å². The van der Waals surface area contributed by atoms with Gasteiger partial charge in [-0.05, 0) is 42.3 Å². The van der Waals surface area contributed by atoms with Crippen LogP contribution >= 0.6 is 0 Å². The van der Waals surface area contributed by atoms with Crippen molar-refractivity contribution in [3.05, 3.63) is 89.0 Å². The molecule has 0 amide bonds. The van der Waals surface area contributed by atoms with Crippen molar-refractivity contribution in [1.29, 1.82) is 0 Å². The molecule has 3 aromatic rings. The van der Waals surface area contributed by atoms with E-state index in [0.717, 1.165) is 22.4 Å². The Kier molecular flexibility index (Phi) is 7.11. The molecule has 5 nitrogen and oxygen atoms in total. The average Bonchev–Trinajstić information content (AvgIpc) is 2.77. The first-order valence-electron chi connectivity index (χ1n) is 9.44. The molecule has 5 heteroatoms. The van der Waals surface area contributed by atoms with Gasteiger partial charge in [-0.2, -0.15) is 5.10 Å². The maximum absolute atomic E-state index is 5.92. The number of hydrogen-bond donors (Lipinski definition) is 1. The van der Waals surface area contributed by atoms with Crippen molar-refractivity contribution in [2.24, 2.45) is 5.10 Å². The third kappa shape index (κ3) is 5.75. The number of benzene rings is 3. The Morgan fingerprint density at radius 2 is 1.62 bits per heavy atom. The van der Waals surface area contributed by atoms with E-state index in [1.807, 2.05) is 42.5 Å². The minimum atomic E-state index is 0.491. The van der Waals surface area contributed by atoms with Crippen molar-refractivity contribution in [3.8, 4) is 17.2 Å². The molecule has 0 saturated carbocycles. The van der Waals surface area contributed by atoms with Crippen LogP contribution in [0.15, 0.2) is 71.8 Å². The molecule has 0 aliphatic rings. The maximum Gasteiger partial charge on any atom is 0.161 e. The molecule has 3 rings (SSSR count). The summed E-state index contributed by atoms with van der Waals surface area (Å²) >= 11 is 0. The predicted molar refractivity (Wildman–Crippen MR) is 116 cm³/mol. The topological polar surface area (TPSA) is 52.1 Å². The Bertz CT molecular complexity index is 953. The molecule has 0 bridgehead atoms. The zero-order valence-corrected chi connectivity index (χ0v) is 17.0. The average molecular weight is 390 g/mol. The highest BCUT2D eigenvalue weighted by atomic mass is 16.5. The predicted octanol–water partition coefficient (Wildman–Crippen LogP) is 4.71. The number of para-hydroxylation sites is 1. The van der Waals surface area contributed by atoms with E-state index in [2.05, 4.69) is 41.7 Å². The fourth-order valence-corrected chi connectivity index (χ4v) is 2.83. The molecule has 1 N–H and O–H groups in total. The lowest BCUT2D eigenvalue weighted by molar-refractivity contribution is 0.284. The van der Waals surface area contributed by atoms with E-state index in [9.17, 15) is 0 Å². The molecule has 3 aromatic carbocycles. The van der Waals surface area contributed by atoms with E-state index in [0.29, 0.717) is 24.7 Å². The van der Waals surface area contributed by atoms with Crippen molar-refractivity contribution < 1.29 is 14.2 Å². The summed E-state index contributed by atoms with van der Waals surface area (Å²) in [5, 5.41) is 4.29. The molecule has 0 aliphatic heterocycles. The van der Waals surface area contributed by atoms with E-state index in [4.69, 9.17) is 14.2 Å². The summed E-state index contributed by atoms with van der Waals surface area (Å²) in [5.41, 5.74) is 7.35. The second kappa shape index (κ2) is 10.2. The van der Waals surface area contributed by atoms with Crippen molar-refractivity contribution in [1.82, 2.24) is 5.43 Å². The summed E-state index contributed by atoms with van der Waals surface area (Å²) in [5.74, 6) is 2.21. The van der Waals surface area contributed by atoms with Crippen molar-refractivity contribution in [2.45, 2.75) is 20.1 Å². The number of aryl methyl sites for hydroxylation is 1. The molecule has 0 aliphatic carbocycles. The van der Waals surface area contributed by atoms with Gasteiger partial charge >= 0.3 is 0 Å². The highest BCUT2D eigenvalue weighted by Gasteiger charge is 2.06. The van der Waals surface area contributed by atoms with Gasteiger partial charge in [-0.25, -0.2) is 0 Å². The van der Waals surface area contributed by atoms with Crippen LogP contribution in [0, 0.1) is 6.92 Å². The second-order valence-electron chi connectivity index (χ2n) is 6.59. The van der Waals surface area contributed by atoms with E-state index in [-0.39, 0.29) is 0 Å². The van der Waals surface area contributed by atoms with Crippen LogP contribution in [-0.2, 0) is 13.2 Å². The van der Waals surface area contributed by atoms with Gasteiger partial charge in [0.15, 0.2) is 11.5 Å². The van der Waals surface area contributed by atoms with E-state index in [1.54, 1.807) is 20.4 Å². The number of nitrogens with one attached hydrogen (secondary N) is 1. The third-order valence-corrected chi connectivity index (χ3v) is 4.47. The van der Waals surface area contributed by atoms with Crippen LogP contribution in [0.5, 0.6) is 17.2 Å². The molecule has 0 unspecified atom stereocenters. The summed E-state index contributed by atoms with van der Waals surface area (Å²) < 4.78 is 16.7. The summed E-state index contributed by atoms with van der Waals surface area (Å²) in [6.45, 7) is 3.14. The molecule has 29 heavy (non-hydrogen) atoms. The van der Waals surface area contributed by atoms with Crippen LogP contribution in [0.2, 0.25) is 0 Å². The lowest BCUT2D eigenvalue weighted by Gasteiger charge is -2.11. The minimum Gasteiger partial charge on any atom is -0.496 e. The van der Waals surface area contributed by atoms with Crippen molar-refractivity contribution in [2.75, 3.05) is 14.2 Å². The highest BCUT2D eigenvalue weighted by molar-refractivity contribution is 5.80. The summed E-state index contributed by atoms with van der Waals surface area (Å²) in [7, 11) is 3.30. The Morgan fingerprint density at radius 1 is 0.862 bits per heavy atom. The normalized spacial score (nSPS) is 10.7. The van der Waals surface area contributed by atoms with Gasteiger partial charge in [0, 0.05) is 5.56 Å². The van der Waals surface area contributed by atoms with Gasteiger partial charge in [0.05, 0.1) is 27.0 Å². The number of rotatable bonds is 9. The molecule has 0 atom stereocenters. The summed E-state index contributed by atoms with van der Waals surface area (Å²) in [6, 6.07) is 21.9. The minimum absolute atomic E-state index is 0.491. The molecule has 0 radical (unpaired) electrons. The monoisotopic (exact) mass is 390 g/mol. The first kappa shape index (κ1) is 20.3. The molecule has 150 valence electrons. The van der Waals surface area contributed by atoms with Gasteiger partial charge in [-0.3, -0.25) is 0 Å². The molecular formula is C24H26N2O3. The molecule has 0 saturated heterocycles. The quantitative estimate of drug-likeness (QED) is 0.424. The van der Waals surface area contributed by atoms with Crippen LogP contribution < -0.4 is 19.6 Å². The number of nitrogens with zero attached hydrogens (tertiary/aromatic N) is 1. The smallest absolute Gasteiger partial charge is 0.161 e. The van der Waals surface area contributed by atoms with Crippen molar-refractivity contribution in [3.63, 3.8) is 0 Å². The summed E-state index contributed by atoms with van der Waals surface area (Å²) in [4.78, 5) is 0. The number of ether oxygens (including phenoxy) is 3. The summed E-state index contributed by atoms with van der Waals surface area (Å²) in [6.07, 6.45) is 1.75. The van der Waals surface area contributed by atoms with Crippen molar-refractivity contribution >= 4 is 6.21 Å². The fourth-order valence-electron chi connectivity index (χ4n) is 2.83. The molecule has 0 fully saturated rings. The Labute approximate surface area is 171 Å². The highest BCUT2D eigenvalue weighted by Crippen LogP contribution is 2.28. The zero-order valence-electron chi connectivity index (χ0n) is 17.0. The molecule has 0 spiro atoms. The maximum atomic E-state index is 5.92. The molecule has 0 heterocycles. The second-order valence-corrected chi connectivity index (χ2v) is 6.59. The third-order valence-electron chi connectivity index (χ3n) is 4.47. The van der Waals surface area contributed by atoms with Crippen LogP contribution in [0.3, 0.4) is 0 Å². The number of hydrazone groups is 1. The first-order valence-corrected chi connectivity index (χ1v) is 9.44. The largest absolute Gasteiger partial charge is 0.496 e. The Morgan fingerprint density at radius 3 is 2.38 bits per heavy atom. The number of hydrogen-bond acceptors (Lipinski definition) is 5. The first-order chi connectivity index (χ1) is 14.2. The standard InChI is InChI=1S/C24H26N2O3/c1-18-8-10-19(11-9-18)17-29-23-13-12-20(14-24(23)28-3)15-25-26-16-21-6-4-5-7-22(21)27-2/h4-15,26H,16-17H2,1-3H3/b25-15+.